The van der Waals surface area contributed by atoms with E-state index >= 15 is 0 Å². The van der Waals surface area contributed by atoms with Crippen molar-refractivity contribution in [3.05, 3.63) is 20.6 Å². The van der Waals surface area contributed by atoms with E-state index in [9.17, 15) is 4.79 Å². The van der Waals surface area contributed by atoms with Gasteiger partial charge in [-0.05, 0) is 22.4 Å². The van der Waals surface area contributed by atoms with E-state index in [1.807, 2.05) is 6.92 Å². The molecule has 10 heavy (non-hydrogen) atoms. The smallest absolute Gasteiger partial charge is 0.338 e. The van der Waals surface area contributed by atoms with Crippen LogP contribution in [-0.4, -0.2) is 5.16 Å². The van der Waals surface area contributed by atoms with Gasteiger partial charge in [-0.3, -0.25) is 0 Å². The predicted molar refractivity (Wildman–Crippen MR) is 41.0 cm³/mol. The first-order valence-corrected chi connectivity index (χ1v) is 3.91. The summed E-state index contributed by atoms with van der Waals surface area (Å²) in [4.78, 5) is 10.7. The molecular formula is C6H8BrNO2. The van der Waals surface area contributed by atoms with Crippen LogP contribution in [0.3, 0.4) is 0 Å². The van der Waals surface area contributed by atoms with E-state index in [2.05, 4.69) is 25.6 Å². The second-order valence-corrected chi connectivity index (χ2v) is 2.83. The monoisotopic (exact) mass is 205 g/mol. The minimum absolute atomic E-state index is 0.330. The Labute approximate surface area is 66.5 Å². The number of nitrogens with one attached hydrogen (secondary N) is 1. The van der Waals surface area contributed by atoms with Crippen molar-refractivity contribution in [2.45, 2.75) is 19.8 Å². The first-order chi connectivity index (χ1) is 4.75. The number of aryl methyl sites for hydroxylation is 1. The first kappa shape index (κ1) is 7.60. The molecule has 0 amide bonds. The molecule has 1 N–H and O–H groups in total. The van der Waals surface area contributed by atoms with Gasteiger partial charge in [0.1, 0.15) is 4.47 Å². The normalized spacial score (nSPS) is 10.2. The van der Waals surface area contributed by atoms with Gasteiger partial charge in [0.2, 0.25) is 0 Å². The Balaban J connectivity index is 2.94. The van der Waals surface area contributed by atoms with Crippen LogP contribution >= 0.6 is 15.9 Å². The summed E-state index contributed by atoms with van der Waals surface area (Å²) in [6, 6.07) is 0. The number of halogens is 1. The second-order valence-electron chi connectivity index (χ2n) is 2.03. The SMILES string of the molecule is CCCc1[nH]oc(=O)c1Br. The van der Waals surface area contributed by atoms with Gasteiger partial charge in [0.05, 0.1) is 5.69 Å². The zero-order chi connectivity index (χ0) is 7.56. The Bertz CT molecular complexity index is 263. The largest absolute Gasteiger partial charge is 0.371 e. The molecule has 0 radical (unpaired) electrons. The van der Waals surface area contributed by atoms with Crippen molar-refractivity contribution in [1.82, 2.24) is 5.16 Å². The van der Waals surface area contributed by atoms with Crippen molar-refractivity contribution in [3.63, 3.8) is 0 Å². The summed E-state index contributed by atoms with van der Waals surface area (Å²) in [6.07, 6.45) is 1.83. The van der Waals surface area contributed by atoms with Gasteiger partial charge in [0.15, 0.2) is 0 Å². The lowest BCUT2D eigenvalue weighted by atomic mass is 10.3. The fraction of sp³-hybridized carbons (Fsp3) is 0.500. The topological polar surface area (TPSA) is 46.0 Å². The maximum absolute atomic E-state index is 10.7. The van der Waals surface area contributed by atoms with E-state index in [-0.39, 0.29) is 5.63 Å². The molecule has 1 aromatic rings. The molecule has 0 aliphatic rings. The van der Waals surface area contributed by atoms with Crippen LogP contribution in [0, 0.1) is 0 Å². The Morgan fingerprint density at radius 1 is 1.70 bits per heavy atom. The Kier molecular flexibility index (Phi) is 2.32. The number of rotatable bonds is 2. The summed E-state index contributed by atoms with van der Waals surface area (Å²) < 4.78 is 5.04. The summed E-state index contributed by atoms with van der Waals surface area (Å²) in [5, 5.41) is 2.54. The van der Waals surface area contributed by atoms with E-state index in [0.29, 0.717) is 4.47 Å². The average Bonchev–Trinajstić information content (AvgIpc) is 2.20. The Hall–Kier alpha value is -0.510. The Morgan fingerprint density at radius 2 is 2.40 bits per heavy atom. The third kappa shape index (κ3) is 1.31. The van der Waals surface area contributed by atoms with E-state index in [1.165, 1.54) is 0 Å². The lowest BCUT2D eigenvalue weighted by molar-refractivity contribution is 0.384. The van der Waals surface area contributed by atoms with Crippen LogP contribution in [0.25, 0.3) is 0 Å². The Morgan fingerprint density at radius 3 is 2.80 bits per heavy atom. The van der Waals surface area contributed by atoms with Crippen LogP contribution in [0.1, 0.15) is 19.0 Å². The molecule has 0 atom stereocenters. The van der Waals surface area contributed by atoms with Crippen LogP contribution in [0.2, 0.25) is 0 Å². The fourth-order valence-corrected chi connectivity index (χ4v) is 1.09. The lowest BCUT2D eigenvalue weighted by Crippen LogP contribution is -1.92. The van der Waals surface area contributed by atoms with Gasteiger partial charge in [-0.2, -0.15) is 0 Å². The molecule has 0 saturated carbocycles. The second kappa shape index (κ2) is 3.05. The van der Waals surface area contributed by atoms with Crippen LogP contribution < -0.4 is 5.63 Å². The van der Waals surface area contributed by atoms with E-state index < -0.39 is 0 Å². The molecule has 0 aliphatic heterocycles. The molecular weight excluding hydrogens is 198 g/mol. The third-order valence-corrected chi connectivity index (χ3v) is 2.01. The molecule has 56 valence electrons. The van der Waals surface area contributed by atoms with Gasteiger partial charge < -0.3 is 4.52 Å². The number of aromatic nitrogens is 1. The maximum atomic E-state index is 10.7. The van der Waals surface area contributed by atoms with Crippen LogP contribution in [0.4, 0.5) is 0 Å². The van der Waals surface area contributed by atoms with Crippen molar-refractivity contribution in [1.29, 1.82) is 0 Å². The molecule has 1 rings (SSSR count). The molecule has 1 aromatic heterocycles. The molecule has 0 unspecified atom stereocenters. The number of hydrogen-bond donors (Lipinski definition) is 1. The first-order valence-electron chi connectivity index (χ1n) is 3.11. The molecule has 0 fully saturated rings. The van der Waals surface area contributed by atoms with Crippen molar-refractivity contribution in [2.24, 2.45) is 0 Å². The summed E-state index contributed by atoms with van der Waals surface area (Å²) in [5.74, 6) is 0. The summed E-state index contributed by atoms with van der Waals surface area (Å²) in [6.45, 7) is 2.04. The highest BCUT2D eigenvalue weighted by molar-refractivity contribution is 9.10. The van der Waals surface area contributed by atoms with Gasteiger partial charge >= 0.3 is 5.63 Å². The highest BCUT2D eigenvalue weighted by atomic mass is 79.9. The summed E-state index contributed by atoms with van der Waals surface area (Å²) in [5.41, 5.74) is 0.510. The van der Waals surface area contributed by atoms with Gasteiger partial charge in [-0.15, -0.1) is 0 Å². The van der Waals surface area contributed by atoms with Crippen molar-refractivity contribution < 1.29 is 4.52 Å². The molecule has 0 bridgehead atoms. The predicted octanol–water partition coefficient (Wildman–Crippen LogP) is 1.68. The van der Waals surface area contributed by atoms with Crippen molar-refractivity contribution in [3.8, 4) is 0 Å². The lowest BCUT2D eigenvalue weighted by Gasteiger charge is -1.88. The number of hydrogen-bond acceptors (Lipinski definition) is 2. The van der Waals surface area contributed by atoms with E-state index in [0.717, 1.165) is 18.5 Å². The molecule has 4 heteroatoms. The van der Waals surface area contributed by atoms with Gasteiger partial charge in [0, 0.05) is 0 Å². The minimum atomic E-state index is -0.330. The van der Waals surface area contributed by atoms with E-state index in [4.69, 9.17) is 0 Å². The molecule has 0 aromatic carbocycles. The van der Waals surface area contributed by atoms with Crippen LogP contribution in [-0.2, 0) is 6.42 Å². The third-order valence-electron chi connectivity index (χ3n) is 1.21. The molecule has 1 heterocycles. The van der Waals surface area contributed by atoms with Gasteiger partial charge in [-0.1, -0.05) is 13.3 Å². The summed E-state index contributed by atoms with van der Waals surface area (Å²) >= 11 is 3.11. The zero-order valence-electron chi connectivity index (χ0n) is 5.61. The van der Waals surface area contributed by atoms with Gasteiger partial charge in [-0.25, -0.2) is 9.95 Å². The number of H-pyrrole nitrogens is 1. The summed E-state index contributed by atoms with van der Waals surface area (Å²) in [7, 11) is 0. The highest BCUT2D eigenvalue weighted by Gasteiger charge is 2.05. The molecule has 0 aliphatic carbocycles. The van der Waals surface area contributed by atoms with Crippen LogP contribution in [0.5, 0.6) is 0 Å². The van der Waals surface area contributed by atoms with Gasteiger partial charge in [0.25, 0.3) is 0 Å². The zero-order valence-corrected chi connectivity index (χ0v) is 7.19. The fourth-order valence-electron chi connectivity index (χ4n) is 0.732. The number of aromatic amines is 1. The van der Waals surface area contributed by atoms with Crippen molar-refractivity contribution >= 4 is 15.9 Å². The quantitative estimate of drug-likeness (QED) is 0.799. The molecule has 3 nitrogen and oxygen atoms in total. The van der Waals surface area contributed by atoms with E-state index in [1.54, 1.807) is 0 Å². The highest BCUT2D eigenvalue weighted by Crippen LogP contribution is 2.10. The van der Waals surface area contributed by atoms with Crippen molar-refractivity contribution in [2.75, 3.05) is 0 Å². The average molecular weight is 206 g/mol. The van der Waals surface area contributed by atoms with Crippen LogP contribution in [0.15, 0.2) is 13.8 Å². The standard InChI is InChI=1S/C6H8BrNO2/c1-2-3-4-5(7)6(9)10-8-4/h8H,2-3H2,1H3. The molecule has 0 spiro atoms. The maximum Gasteiger partial charge on any atom is 0.371 e. The minimum Gasteiger partial charge on any atom is -0.338 e. The molecule has 0 saturated heterocycles.